The fraction of sp³-hybridized carbons (Fsp3) is 0.250. The van der Waals surface area contributed by atoms with Crippen LogP contribution in [0.25, 0.3) is 16.9 Å². The van der Waals surface area contributed by atoms with Crippen molar-refractivity contribution in [3.8, 4) is 5.82 Å². The van der Waals surface area contributed by atoms with E-state index in [2.05, 4.69) is 25.7 Å². The van der Waals surface area contributed by atoms with Crippen molar-refractivity contribution in [2.24, 2.45) is 0 Å². The molecule has 4 aromatic rings. The highest BCUT2D eigenvalue weighted by Crippen LogP contribution is 2.40. The van der Waals surface area contributed by atoms with Crippen LogP contribution in [0.3, 0.4) is 0 Å². The van der Waals surface area contributed by atoms with Gasteiger partial charge in [-0.1, -0.05) is 6.07 Å². The van der Waals surface area contributed by atoms with Crippen molar-refractivity contribution in [1.82, 2.24) is 35.4 Å². The van der Waals surface area contributed by atoms with Gasteiger partial charge in [0.15, 0.2) is 11.5 Å². The highest BCUT2D eigenvalue weighted by molar-refractivity contribution is 6.06. The molecule has 0 aliphatic heterocycles. The molecule has 9 nitrogen and oxygen atoms in total. The Morgan fingerprint density at radius 3 is 2.58 bits per heavy atom. The summed E-state index contributed by atoms with van der Waals surface area (Å²) in [5.41, 5.74) is 3.26. The van der Waals surface area contributed by atoms with Crippen LogP contribution in [0.1, 0.15) is 50.9 Å². The number of amides is 2. The zero-order valence-electron chi connectivity index (χ0n) is 18.2. The van der Waals surface area contributed by atoms with Gasteiger partial charge in [0.2, 0.25) is 0 Å². The molecule has 0 unspecified atom stereocenters. The number of hydrogen-bond acceptors (Lipinski definition) is 6. The molecular weight excluding hydrogens is 418 g/mol. The van der Waals surface area contributed by atoms with Crippen molar-refractivity contribution in [1.29, 1.82) is 0 Å². The predicted octanol–water partition coefficient (Wildman–Crippen LogP) is 2.56. The van der Waals surface area contributed by atoms with Crippen LogP contribution < -0.4 is 10.6 Å². The van der Waals surface area contributed by atoms with Gasteiger partial charge in [0.1, 0.15) is 0 Å². The maximum absolute atomic E-state index is 13.2. The first-order valence-electron chi connectivity index (χ1n) is 10.9. The Morgan fingerprint density at radius 2 is 1.88 bits per heavy atom. The van der Waals surface area contributed by atoms with Crippen LogP contribution >= 0.6 is 0 Å². The number of hydrogen-bond donors (Lipinski definition) is 2. The lowest BCUT2D eigenvalue weighted by molar-refractivity contribution is 0.0928. The Hall–Kier alpha value is -4.14. The van der Waals surface area contributed by atoms with Crippen molar-refractivity contribution < 1.29 is 9.59 Å². The van der Waals surface area contributed by atoms with E-state index in [1.54, 1.807) is 29.2 Å². The minimum absolute atomic E-state index is 0.219. The van der Waals surface area contributed by atoms with Crippen LogP contribution in [0.5, 0.6) is 0 Å². The minimum Gasteiger partial charge on any atom is -0.350 e. The third-order valence-corrected chi connectivity index (χ3v) is 5.56. The highest BCUT2D eigenvalue weighted by atomic mass is 16.2. The van der Waals surface area contributed by atoms with Crippen LogP contribution in [0.4, 0.5) is 0 Å². The monoisotopic (exact) mass is 441 g/mol. The zero-order valence-corrected chi connectivity index (χ0v) is 18.2. The maximum Gasteiger partial charge on any atom is 0.252 e. The molecule has 0 spiro atoms. The molecule has 1 fully saturated rings. The summed E-state index contributed by atoms with van der Waals surface area (Å²) in [5.74, 6) is 0.573. The normalized spacial score (nSPS) is 13.1. The Balaban J connectivity index is 1.37. The first-order chi connectivity index (χ1) is 16.1. The van der Waals surface area contributed by atoms with E-state index in [9.17, 15) is 9.59 Å². The molecular formula is C24H23N7O2. The molecule has 33 heavy (non-hydrogen) atoms. The molecule has 2 N–H and O–H groups in total. The van der Waals surface area contributed by atoms with Crippen molar-refractivity contribution in [2.75, 3.05) is 13.1 Å². The van der Waals surface area contributed by atoms with Crippen LogP contribution in [0.15, 0.2) is 55.0 Å². The summed E-state index contributed by atoms with van der Waals surface area (Å²) in [6.07, 6.45) is 6.95. The molecule has 0 bridgehead atoms. The molecule has 9 heteroatoms. The van der Waals surface area contributed by atoms with Gasteiger partial charge < -0.3 is 10.6 Å². The fourth-order valence-electron chi connectivity index (χ4n) is 3.76. The number of rotatable bonds is 7. The lowest BCUT2D eigenvalue weighted by atomic mass is 10.1. The Bertz CT molecular complexity index is 1320. The van der Waals surface area contributed by atoms with Gasteiger partial charge in [0.05, 0.1) is 22.2 Å². The quantitative estimate of drug-likeness (QED) is 0.426. The number of pyridine rings is 3. The largest absolute Gasteiger partial charge is 0.350 e. The van der Waals surface area contributed by atoms with Gasteiger partial charge in [-0.25, -0.2) is 9.97 Å². The predicted molar refractivity (Wildman–Crippen MR) is 122 cm³/mol. The van der Waals surface area contributed by atoms with Gasteiger partial charge in [-0.2, -0.15) is 9.78 Å². The van der Waals surface area contributed by atoms with Crippen molar-refractivity contribution in [3.05, 3.63) is 77.5 Å². The second kappa shape index (κ2) is 8.78. The van der Waals surface area contributed by atoms with E-state index in [-0.39, 0.29) is 11.8 Å². The second-order valence-electron chi connectivity index (χ2n) is 8.01. The first-order valence-corrected chi connectivity index (χ1v) is 10.9. The molecule has 5 rings (SSSR count). The number of fused-ring (bicyclic) bond motifs is 1. The van der Waals surface area contributed by atoms with Gasteiger partial charge in [-0.3, -0.25) is 14.6 Å². The molecule has 0 saturated heterocycles. The number of aryl methyl sites for hydroxylation is 1. The van der Waals surface area contributed by atoms with Crippen molar-refractivity contribution in [2.45, 2.75) is 25.7 Å². The summed E-state index contributed by atoms with van der Waals surface area (Å²) in [6, 6.07) is 10.9. The fourth-order valence-corrected chi connectivity index (χ4v) is 3.76. The average molecular weight is 441 g/mol. The summed E-state index contributed by atoms with van der Waals surface area (Å²) in [4.78, 5) is 38.5. The molecule has 2 amide bonds. The van der Waals surface area contributed by atoms with Crippen molar-refractivity contribution >= 4 is 22.8 Å². The van der Waals surface area contributed by atoms with Gasteiger partial charge in [-0.05, 0) is 50.1 Å². The smallest absolute Gasteiger partial charge is 0.252 e. The number of carbonyl (C=O) groups excluding carboxylic acids is 2. The minimum atomic E-state index is -0.229. The SMILES string of the molecule is Cc1nn(-c2ccccn2)c2nc(C3CC3)cc(C(=O)NCCNC(=O)c3cccnc3)c12. The number of nitrogens with one attached hydrogen (secondary N) is 2. The van der Waals surface area contributed by atoms with Gasteiger partial charge in [0.25, 0.3) is 11.8 Å². The standard InChI is InChI=1S/C24H23N7O2/c1-15-21-18(24(33)28-12-11-27-23(32)17-5-4-9-25-14-17)13-19(16-7-8-16)29-22(21)31(30-15)20-6-2-3-10-26-20/h2-6,9-10,13-14,16H,7-8,11-12H2,1H3,(H,27,32)(H,28,33). The highest BCUT2D eigenvalue weighted by Gasteiger charge is 2.29. The van der Waals surface area contributed by atoms with Crippen LogP contribution in [-0.4, -0.2) is 49.6 Å². The zero-order chi connectivity index (χ0) is 22.8. The van der Waals surface area contributed by atoms with E-state index in [1.165, 1.54) is 6.20 Å². The van der Waals surface area contributed by atoms with E-state index in [0.29, 0.717) is 52.7 Å². The van der Waals surface area contributed by atoms with E-state index >= 15 is 0 Å². The first kappa shape index (κ1) is 20.7. The van der Waals surface area contributed by atoms with Crippen LogP contribution in [0.2, 0.25) is 0 Å². The second-order valence-corrected chi connectivity index (χ2v) is 8.01. The topological polar surface area (TPSA) is 115 Å². The molecule has 166 valence electrons. The molecule has 4 heterocycles. The number of nitrogens with zero attached hydrogens (tertiary/aromatic N) is 5. The third kappa shape index (κ3) is 4.30. The van der Waals surface area contributed by atoms with Gasteiger partial charge in [0, 0.05) is 43.3 Å². The lowest BCUT2D eigenvalue weighted by Gasteiger charge is -2.10. The average Bonchev–Trinajstić information content (AvgIpc) is 3.65. The van der Waals surface area contributed by atoms with Gasteiger partial charge >= 0.3 is 0 Å². The number of carbonyl (C=O) groups is 2. The Morgan fingerprint density at radius 1 is 1.06 bits per heavy atom. The molecule has 1 saturated carbocycles. The summed E-state index contributed by atoms with van der Waals surface area (Å²) in [6.45, 7) is 2.46. The third-order valence-electron chi connectivity index (χ3n) is 5.56. The summed E-state index contributed by atoms with van der Waals surface area (Å²) >= 11 is 0. The summed E-state index contributed by atoms with van der Waals surface area (Å²) < 4.78 is 1.70. The molecule has 1 aliphatic rings. The van der Waals surface area contributed by atoms with Crippen LogP contribution in [-0.2, 0) is 0 Å². The molecule has 0 aromatic carbocycles. The van der Waals surface area contributed by atoms with Gasteiger partial charge in [-0.15, -0.1) is 0 Å². The van der Waals surface area contributed by atoms with Crippen LogP contribution in [0, 0.1) is 6.92 Å². The summed E-state index contributed by atoms with van der Waals surface area (Å²) in [7, 11) is 0. The van der Waals surface area contributed by atoms with E-state index in [0.717, 1.165) is 18.5 Å². The number of aromatic nitrogens is 5. The Kier molecular flexibility index (Phi) is 5.52. The molecule has 0 radical (unpaired) electrons. The molecule has 1 aliphatic carbocycles. The Labute approximate surface area is 190 Å². The molecule has 0 atom stereocenters. The summed E-state index contributed by atoms with van der Waals surface area (Å²) in [5, 5.41) is 11.0. The van der Waals surface area contributed by atoms with E-state index in [1.807, 2.05) is 31.2 Å². The van der Waals surface area contributed by atoms with E-state index in [4.69, 9.17) is 4.98 Å². The van der Waals surface area contributed by atoms with Crippen molar-refractivity contribution in [3.63, 3.8) is 0 Å². The molecule has 4 aromatic heterocycles. The van der Waals surface area contributed by atoms with E-state index < -0.39 is 0 Å². The maximum atomic E-state index is 13.2. The lowest BCUT2D eigenvalue weighted by Crippen LogP contribution is -2.34.